The van der Waals surface area contributed by atoms with E-state index in [2.05, 4.69) is 25.2 Å². The third-order valence-electron chi connectivity index (χ3n) is 5.15. The lowest BCUT2D eigenvalue weighted by atomic mass is 9.91. The normalized spacial score (nSPS) is 14.1. The topological polar surface area (TPSA) is 123 Å². The van der Waals surface area contributed by atoms with Crippen LogP contribution in [0.4, 0.5) is 37.8 Å². The first-order chi connectivity index (χ1) is 20.1. The van der Waals surface area contributed by atoms with E-state index in [0.29, 0.717) is 18.1 Å². The minimum absolute atomic E-state index is 0.165. The molecule has 3 N–H and O–H groups in total. The van der Waals surface area contributed by atoms with Crippen molar-refractivity contribution in [3.63, 3.8) is 0 Å². The Bertz CT molecular complexity index is 1100. The first-order valence-corrected chi connectivity index (χ1v) is 13.0. The highest BCUT2D eigenvalue weighted by Crippen LogP contribution is 2.26. The first kappa shape index (κ1) is 39.0. The van der Waals surface area contributed by atoms with Crippen LogP contribution in [-0.4, -0.2) is 67.1 Å². The van der Waals surface area contributed by atoms with E-state index >= 15 is 0 Å². The highest BCUT2D eigenvalue weighted by molar-refractivity contribution is 6.07. The summed E-state index contributed by atoms with van der Waals surface area (Å²) in [5.74, 6) is 0.242. The van der Waals surface area contributed by atoms with Crippen molar-refractivity contribution in [1.29, 1.82) is 0 Å². The summed E-state index contributed by atoms with van der Waals surface area (Å²) in [4.78, 5) is 24.7. The van der Waals surface area contributed by atoms with Crippen LogP contribution in [0.5, 0.6) is 0 Å². The molecular weight excluding hydrogens is 582 g/mol. The van der Waals surface area contributed by atoms with Gasteiger partial charge in [0.1, 0.15) is 6.29 Å². The number of nitrogens with one attached hydrogen (secondary N) is 1. The van der Waals surface area contributed by atoms with Crippen LogP contribution in [0.15, 0.2) is 59.5 Å². The molecule has 1 fully saturated rings. The number of nitrogens with two attached hydrogens (primary N) is 1. The molecule has 0 bridgehead atoms. The molecule has 0 spiro atoms. The number of nitrogens with zero attached hydrogens (tertiary/aromatic N) is 4. The monoisotopic (exact) mass is 620 g/mol. The number of ether oxygens (including phenoxy) is 1. The SMILES string of the molecule is CC(F)(F)F.CN(C)Cc1ccc(N/C(=C/N)C(=Nc2cccnn2)C(F)(F)F)cc1.COC=O.O=CC1CCCCC1. The number of allylic oxidation sites excluding steroid dienone is 1. The molecule has 1 heterocycles. The van der Waals surface area contributed by atoms with Gasteiger partial charge in [-0.25, -0.2) is 4.99 Å². The predicted octanol–water partition coefficient (Wildman–Crippen LogP) is 6.21. The molecule has 1 aromatic heterocycles. The number of hydrogen-bond donors (Lipinski definition) is 2. The molecule has 240 valence electrons. The molecular formula is C28H38F6N6O3. The molecule has 0 aliphatic heterocycles. The van der Waals surface area contributed by atoms with Gasteiger partial charge in [0.2, 0.25) is 0 Å². The van der Waals surface area contributed by atoms with Gasteiger partial charge in [-0.05, 0) is 56.8 Å². The molecule has 0 atom stereocenters. The molecule has 0 unspecified atom stereocenters. The number of methoxy groups -OCH3 is 1. The zero-order valence-corrected chi connectivity index (χ0v) is 24.5. The Morgan fingerprint density at radius 1 is 1.07 bits per heavy atom. The van der Waals surface area contributed by atoms with E-state index < -0.39 is 18.1 Å². The number of alkyl halides is 6. The van der Waals surface area contributed by atoms with Crippen LogP contribution in [0.1, 0.15) is 44.6 Å². The number of aldehydes is 1. The number of halogens is 6. The predicted molar refractivity (Wildman–Crippen MR) is 152 cm³/mol. The fourth-order valence-electron chi connectivity index (χ4n) is 3.41. The second-order valence-electron chi connectivity index (χ2n) is 9.33. The van der Waals surface area contributed by atoms with Gasteiger partial charge in [-0.15, -0.1) is 5.10 Å². The van der Waals surface area contributed by atoms with Crippen LogP contribution in [0.25, 0.3) is 0 Å². The summed E-state index contributed by atoms with van der Waals surface area (Å²) >= 11 is 0. The Labute approximate surface area is 247 Å². The minimum Gasteiger partial charge on any atom is -0.471 e. The van der Waals surface area contributed by atoms with Crippen LogP contribution in [0, 0.1) is 5.92 Å². The Morgan fingerprint density at radius 3 is 2.00 bits per heavy atom. The van der Waals surface area contributed by atoms with Gasteiger partial charge in [0.15, 0.2) is 11.5 Å². The summed E-state index contributed by atoms with van der Waals surface area (Å²) in [5, 5.41) is 9.74. The van der Waals surface area contributed by atoms with Gasteiger partial charge in [0.25, 0.3) is 6.47 Å². The summed E-state index contributed by atoms with van der Waals surface area (Å²) < 4.78 is 75.2. The second-order valence-corrected chi connectivity index (χ2v) is 9.33. The van der Waals surface area contributed by atoms with E-state index in [1.165, 1.54) is 44.7 Å². The second kappa shape index (κ2) is 20.8. The van der Waals surface area contributed by atoms with Crippen LogP contribution in [0.2, 0.25) is 0 Å². The number of aromatic nitrogens is 2. The van der Waals surface area contributed by atoms with Crippen molar-refractivity contribution in [1.82, 2.24) is 15.1 Å². The van der Waals surface area contributed by atoms with Crippen LogP contribution in [0.3, 0.4) is 0 Å². The zero-order chi connectivity index (χ0) is 32.9. The highest BCUT2D eigenvalue weighted by atomic mass is 19.4. The average Bonchev–Trinajstić information content (AvgIpc) is 2.95. The smallest absolute Gasteiger partial charge is 0.435 e. The Kier molecular flexibility index (Phi) is 18.9. The molecule has 0 saturated heterocycles. The van der Waals surface area contributed by atoms with Gasteiger partial charge in [-0.3, -0.25) is 4.79 Å². The maximum atomic E-state index is 13.4. The van der Waals surface area contributed by atoms with Gasteiger partial charge < -0.3 is 25.5 Å². The van der Waals surface area contributed by atoms with E-state index in [1.807, 2.05) is 31.1 Å². The average molecular weight is 621 g/mol. The first-order valence-electron chi connectivity index (χ1n) is 13.0. The lowest BCUT2D eigenvalue weighted by Crippen LogP contribution is -2.29. The van der Waals surface area contributed by atoms with E-state index in [0.717, 1.165) is 37.4 Å². The lowest BCUT2D eigenvalue weighted by Gasteiger charge is -2.16. The number of rotatable bonds is 8. The van der Waals surface area contributed by atoms with Gasteiger partial charge in [0.05, 0.1) is 12.8 Å². The number of benzene rings is 1. The summed E-state index contributed by atoms with van der Waals surface area (Å²) in [7, 11) is 5.17. The van der Waals surface area contributed by atoms with Crippen molar-refractivity contribution in [3.8, 4) is 0 Å². The Balaban J connectivity index is 0.000000840. The molecule has 43 heavy (non-hydrogen) atoms. The molecule has 9 nitrogen and oxygen atoms in total. The maximum Gasteiger partial charge on any atom is 0.435 e. The van der Waals surface area contributed by atoms with Crippen molar-refractivity contribution in [2.45, 2.75) is 57.9 Å². The molecule has 0 radical (unpaired) electrons. The molecule has 15 heteroatoms. The van der Waals surface area contributed by atoms with E-state index in [-0.39, 0.29) is 18.4 Å². The van der Waals surface area contributed by atoms with Gasteiger partial charge in [-0.1, -0.05) is 31.4 Å². The quantitative estimate of drug-likeness (QED) is 0.203. The Hall–Kier alpha value is -4.01. The lowest BCUT2D eigenvalue weighted by molar-refractivity contribution is -0.126. The van der Waals surface area contributed by atoms with E-state index in [9.17, 15) is 31.1 Å². The van der Waals surface area contributed by atoms with Gasteiger partial charge in [-0.2, -0.15) is 31.4 Å². The summed E-state index contributed by atoms with van der Waals surface area (Å²) in [6, 6.07) is 9.77. The molecule has 2 aromatic rings. The highest BCUT2D eigenvalue weighted by Gasteiger charge is 2.38. The van der Waals surface area contributed by atoms with Crippen molar-refractivity contribution in [2.75, 3.05) is 26.5 Å². The molecule has 1 aromatic carbocycles. The maximum absolute atomic E-state index is 13.4. The van der Waals surface area contributed by atoms with Gasteiger partial charge in [0, 0.05) is 37.5 Å². The summed E-state index contributed by atoms with van der Waals surface area (Å²) in [5.41, 5.74) is 5.35. The van der Waals surface area contributed by atoms with Crippen LogP contribution >= 0.6 is 0 Å². The fourth-order valence-corrected chi connectivity index (χ4v) is 3.41. The van der Waals surface area contributed by atoms with Crippen molar-refractivity contribution < 1.29 is 40.7 Å². The number of carbonyl (C=O) groups excluding carboxylic acids is 2. The molecule has 0 amide bonds. The number of carbonyl (C=O) groups is 2. The molecule has 1 aliphatic rings. The van der Waals surface area contributed by atoms with Crippen molar-refractivity contribution in [2.24, 2.45) is 16.6 Å². The third kappa shape index (κ3) is 20.5. The molecule has 1 saturated carbocycles. The largest absolute Gasteiger partial charge is 0.471 e. The third-order valence-corrected chi connectivity index (χ3v) is 5.15. The fraction of sp³-hybridized carbons (Fsp3) is 0.464. The summed E-state index contributed by atoms with van der Waals surface area (Å²) in [6.45, 7) is 1.29. The van der Waals surface area contributed by atoms with Crippen molar-refractivity contribution in [3.05, 3.63) is 60.1 Å². The van der Waals surface area contributed by atoms with Crippen LogP contribution in [-0.2, 0) is 20.9 Å². The van der Waals surface area contributed by atoms with Crippen molar-refractivity contribution >= 4 is 30.0 Å². The van der Waals surface area contributed by atoms with E-state index in [1.54, 1.807) is 12.1 Å². The zero-order valence-electron chi connectivity index (χ0n) is 24.5. The van der Waals surface area contributed by atoms with E-state index in [4.69, 9.17) is 10.5 Å². The number of aliphatic imine (C=N–C) groups is 1. The molecule has 3 rings (SSSR count). The van der Waals surface area contributed by atoms with Crippen LogP contribution < -0.4 is 11.1 Å². The van der Waals surface area contributed by atoms with Gasteiger partial charge >= 0.3 is 12.4 Å². The number of hydrogen-bond acceptors (Lipinski definition) is 9. The minimum atomic E-state index is -4.72. The standard InChI is InChI=1S/C17H19F3N6.C7H12O.C2H3F3.C2H4O2/c1-26(2)11-12-5-7-13(8-6-12)23-14(10-21)16(17(18,19)20)24-15-4-3-9-22-25-15;8-6-7-4-2-1-3-5-7;1-2(3,4)5;1-4-2-3/h3-10,23H,11,21H2,1-2H3;6-7H,1-5H2;1H3;2H,1H3/b14-10+,24-16?;;;. The number of anilines is 1. The molecule has 1 aliphatic carbocycles. The Morgan fingerprint density at radius 2 is 1.63 bits per heavy atom. The summed E-state index contributed by atoms with van der Waals surface area (Å²) in [6.07, 6.45) is 0.722.